The van der Waals surface area contributed by atoms with Crippen LogP contribution in [0.3, 0.4) is 0 Å². The zero-order valence-corrected chi connectivity index (χ0v) is 14.1. The molecule has 0 atom stereocenters. The highest BCUT2D eigenvalue weighted by Crippen LogP contribution is 2.31. The van der Waals surface area contributed by atoms with Gasteiger partial charge in [-0.15, -0.1) is 0 Å². The van der Waals surface area contributed by atoms with Gasteiger partial charge in [0.15, 0.2) is 0 Å². The second-order valence-corrected chi connectivity index (χ2v) is 6.08. The fourth-order valence-corrected chi connectivity index (χ4v) is 2.65. The first-order chi connectivity index (χ1) is 11.8. The maximum atomic E-state index is 10.6. The van der Waals surface area contributed by atoms with Crippen molar-refractivity contribution in [1.82, 2.24) is 14.9 Å². The first-order valence-electron chi connectivity index (χ1n) is 8.29. The molecule has 9 heteroatoms. The van der Waals surface area contributed by atoms with Gasteiger partial charge >= 0.3 is 12.1 Å². The summed E-state index contributed by atoms with van der Waals surface area (Å²) in [7, 11) is 0. The summed E-state index contributed by atoms with van der Waals surface area (Å²) in [6.45, 7) is 6.20. The van der Waals surface area contributed by atoms with Gasteiger partial charge in [0.05, 0.1) is 12.3 Å². The predicted octanol–water partition coefficient (Wildman–Crippen LogP) is 2.32. The van der Waals surface area contributed by atoms with Crippen LogP contribution in [-0.2, 0) is 17.6 Å². The van der Waals surface area contributed by atoms with Crippen molar-refractivity contribution < 1.29 is 27.8 Å². The average Bonchev–Trinajstić information content (AvgIpc) is 3.36. The van der Waals surface area contributed by atoms with Crippen molar-refractivity contribution in [2.45, 2.75) is 38.8 Å². The zero-order chi connectivity index (χ0) is 18.4. The number of hydrogen-bond donors (Lipinski definition) is 1. The molecule has 0 amide bonds. The Morgan fingerprint density at radius 2 is 1.96 bits per heavy atom. The predicted molar refractivity (Wildman–Crippen MR) is 83.5 cm³/mol. The summed E-state index contributed by atoms with van der Waals surface area (Å²) in [4.78, 5) is 20.2. The fraction of sp³-hybridized carbons (Fsp3) is 0.688. The van der Waals surface area contributed by atoms with E-state index in [4.69, 9.17) is 14.6 Å². The van der Waals surface area contributed by atoms with Gasteiger partial charge in [-0.1, -0.05) is 0 Å². The second-order valence-electron chi connectivity index (χ2n) is 6.08. The fourth-order valence-electron chi connectivity index (χ4n) is 2.65. The number of alkyl halides is 3. The molecular formula is C16H22F3N3O3. The Kier molecular flexibility index (Phi) is 6.57. The van der Waals surface area contributed by atoms with Crippen LogP contribution in [0.15, 0.2) is 6.33 Å². The van der Waals surface area contributed by atoms with Gasteiger partial charge < -0.3 is 14.7 Å². The molecular weight excluding hydrogens is 339 g/mol. The normalized spacial score (nSPS) is 17.8. The number of aromatic nitrogens is 2. The van der Waals surface area contributed by atoms with E-state index in [0.717, 1.165) is 37.7 Å². The molecule has 0 saturated heterocycles. The SMILES string of the molecule is CCOc1ncnc2c1CCN(CC1CC1)CC2.O=C(O)C(F)(F)F. The Morgan fingerprint density at radius 1 is 1.32 bits per heavy atom. The van der Waals surface area contributed by atoms with Gasteiger partial charge in [-0.25, -0.2) is 14.8 Å². The van der Waals surface area contributed by atoms with Gasteiger partial charge in [0.1, 0.15) is 6.33 Å². The summed E-state index contributed by atoms with van der Waals surface area (Å²) in [6, 6.07) is 0. The van der Waals surface area contributed by atoms with Crippen LogP contribution < -0.4 is 4.74 Å². The smallest absolute Gasteiger partial charge is 0.478 e. The summed E-state index contributed by atoms with van der Waals surface area (Å²) in [5.41, 5.74) is 2.42. The third-order valence-corrected chi connectivity index (χ3v) is 4.07. The summed E-state index contributed by atoms with van der Waals surface area (Å²) >= 11 is 0. The van der Waals surface area contributed by atoms with Crippen molar-refractivity contribution in [3.05, 3.63) is 17.6 Å². The Hall–Kier alpha value is -1.90. The summed E-state index contributed by atoms with van der Waals surface area (Å²) in [5, 5.41) is 7.12. The molecule has 140 valence electrons. The van der Waals surface area contributed by atoms with Crippen LogP contribution in [0.5, 0.6) is 5.88 Å². The lowest BCUT2D eigenvalue weighted by atomic mass is 10.1. The molecule has 0 aromatic carbocycles. The topological polar surface area (TPSA) is 75.6 Å². The van der Waals surface area contributed by atoms with E-state index in [-0.39, 0.29) is 0 Å². The standard InChI is InChI=1S/C14H21N3O.C2HF3O2/c1-2-18-14-12-5-7-17(9-11-3-4-11)8-6-13(12)15-10-16-14;3-2(4,5)1(6)7/h10-11H,2-9H2,1H3;(H,6,7). The molecule has 0 unspecified atom stereocenters. The van der Waals surface area contributed by atoms with Crippen LogP contribution in [0.25, 0.3) is 0 Å². The monoisotopic (exact) mass is 361 g/mol. The van der Waals surface area contributed by atoms with Crippen LogP contribution >= 0.6 is 0 Å². The van der Waals surface area contributed by atoms with Crippen molar-refractivity contribution in [1.29, 1.82) is 0 Å². The van der Waals surface area contributed by atoms with Gasteiger partial charge in [-0.2, -0.15) is 13.2 Å². The van der Waals surface area contributed by atoms with Crippen molar-refractivity contribution >= 4 is 5.97 Å². The summed E-state index contributed by atoms with van der Waals surface area (Å²) < 4.78 is 37.4. The van der Waals surface area contributed by atoms with Crippen LogP contribution in [0.4, 0.5) is 13.2 Å². The summed E-state index contributed by atoms with van der Waals surface area (Å²) in [5.74, 6) is -0.994. The van der Waals surface area contributed by atoms with Crippen molar-refractivity contribution in [3.63, 3.8) is 0 Å². The van der Waals surface area contributed by atoms with Crippen LogP contribution in [-0.4, -0.2) is 58.4 Å². The number of aliphatic carboxylic acids is 1. The van der Waals surface area contributed by atoms with E-state index in [2.05, 4.69) is 14.9 Å². The van der Waals surface area contributed by atoms with E-state index < -0.39 is 12.1 Å². The number of halogens is 3. The molecule has 6 nitrogen and oxygen atoms in total. The van der Waals surface area contributed by atoms with E-state index in [0.29, 0.717) is 6.61 Å². The molecule has 0 radical (unpaired) electrons. The first-order valence-corrected chi connectivity index (χ1v) is 8.29. The number of carboxylic acid groups (broad SMARTS) is 1. The quantitative estimate of drug-likeness (QED) is 0.887. The van der Waals surface area contributed by atoms with Crippen molar-refractivity contribution in [2.75, 3.05) is 26.2 Å². The molecule has 1 N–H and O–H groups in total. The number of hydrogen-bond acceptors (Lipinski definition) is 5. The van der Waals surface area contributed by atoms with E-state index in [1.165, 1.54) is 30.6 Å². The highest BCUT2D eigenvalue weighted by atomic mass is 19.4. The minimum Gasteiger partial charge on any atom is -0.478 e. The maximum absolute atomic E-state index is 10.6. The molecule has 1 aromatic rings. The molecule has 25 heavy (non-hydrogen) atoms. The third kappa shape index (κ3) is 6.15. The number of ether oxygens (including phenoxy) is 1. The lowest BCUT2D eigenvalue weighted by Gasteiger charge is -2.18. The van der Waals surface area contributed by atoms with Crippen LogP contribution in [0.1, 0.15) is 31.0 Å². The number of carboxylic acids is 1. The summed E-state index contributed by atoms with van der Waals surface area (Å²) in [6.07, 6.45) is 1.46. The molecule has 0 spiro atoms. The largest absolute Gasteiger partial charge is 0.490 e. The molecule has 1 saturated carbocycles. The third-order valence-electron chi connectivity index (χ3n) is 4.07. The number of rotatable bonds is 4. The van der Waals surface area contributed by atoms with E-state index in [1.54, 1.807) is 6.33 Å². The van der Waals surface area contributed by atoms with Crippen molar-refractivity contribution in [3.8, 4) is 5.88 Å². The molecule has 1 aromatic heterocycles. The molecule has 1 fully saturated rings. The van der Waals surface area contributed by atoms with Crippen LogP contribution in [0, 0.1) is 5.92 Å². The molecule has 2 heterocycles. The minimum atomic E-state index is -5.08. The minimum absolute atomic E-state index is 0.676. The van der Waals surface area contributed by atoms with Crippen LogP contribution in [0.2, 0.25) is 0 Å². The van der Waals surface area contributed by atoms with E-state index >= 15 is 0 Å². The average molecular weight is 361 g/mol. The van der Waals surface area contributed by atoms with Gasteiger partial charge in [-0.3, -0.25) is 0 Å². The Labute approximate surface area is 144 Å². The lowest BCUT2D eigenvalue weighted by molar-refractivity contribution is -0.192. The Bertz CT molecular complexity index is 592. The lowest BCUT2D eigenvalue weighted by Crippen LogP contribution is -2.28. The number of nitrogens with zero attached hydrogens (tertiary/aromatic N) is 3. The highest BCUT2D eigenvalue weighted by molar-refractivity contribution is 5.73. The number of carbonyl (C=O) groups is 1. The van der Waals surface area contributed by atoms with Crippen molar-refractivity contribution in [2.24, 2.45) is 5.92 Å². The van der Waals surface area contributed by atoms with E-state index in [1.807, 2.05) is 6.92 Å². The molecule has 1 aliphatic heterocycles. The highest BCUT2D eigenvalue weighted by Gasteiger charge is 2.38. The number of fused-ring (bicyclic) bond motifs is 1. The van der Waals surface area contributed by atoms with Gasteiger partial charge in [0, 0.05) is 31.6 Å². The molecule has 2 aliphatic rings. The van der Waals surface area contributed by atoms with Gasteiger partial charge in [0.25, 0.3) is 0 Å². The van der Waals surface area contributed by atoms with Gasteiger partial charge in [-0.05, 0) is 32.1 Å². The molecule has 1 aliphatic carbocycles. The Morgan fingerprint density at radius 3 is 2.52 bits per heavy atom. The molecule has 3 rings (SSSR count). The second kappa shape index (κ2) is 8.46. The van der Waals surface area contributed by atoms with E-state index in [9.17, 15) is 13.2 Å². The molecule has 0 bridgehead atoms. The Balaban J connectivity index is 0.000000277. The zero-order valence-electron chi connectivity index (χ0n) is 14.1. The van der Waals surface area contributed by atoms with Gasteiger partial charge in [0.2, 0.25) is 5.88 Å². The first kappa shape index (κ1) is 19.4. The maximum Gasteiger partial charge on any atom is 0.490 e.